The number of fused-ring (bicyclic) bond motifs is 2. The Balaban J connectivity index is 1.86. The van der Waals surface area contributed by atoms with E-state index in [1.807, 2.05) is 0 Å². The van der Waals surface area contributed by atoms with Crippen molar-refractivity contribution in [3.8, 4) is 23.0 Å². The third kappa shape index (κ3) is 1.78. The van der Waals surface area contributed by atoms with Crippen LogP contribution in [0.3, 0.4) is 0 Å². The van der Waals surface area contributed by atoms with Gasteiger partial charge in [0.15, 0.2) is 0 Å². The number of aliphatic carboxylic acids is 1. The Labute approximate surface area is 136 Å². The summed E-state index contributed by atoms with van der Waals surface area (Å²) in [6.07, 6.45) is -0.197. The van der Waals surface area contributed by atoms with Crippen LogP contribution in [0.2, 0.25) is 0 Å². The molecule has 2 N–H and O–H groups in total. The number of carboxylic acid groups (broad SMARTS) is 1. The molecule has 1 unspecified atom stereocenters. The molecule has 0 saturated carbocycles. The van der Waals surface area contributed by atoms with Gasteiger partial charge in [-0.05, 0) is 0 Å². The van der Waals surface area contributed by atoms with Gasteiger partial charge < -0.3 is 29.0 Å². The Morgan fingerprint density at radius 1 is 0.960 bits per heavy atom. The fourth-order valence-electron chi connectivity index (χ4n) is 2.81. The zero-order valence-corrected chi connectivity index (χ0v) is 13.5. The number of aliphatic hydroxyl groups is 1. The molecule has 1 aromatic rings. The van der Waals surface area contributed by atoms with E-state index in [1.165, 1.54) is 0 Å². The van der Waals surface area contributed by atoms with Gasteiger partial charge in [0.25, 0.3) is 0 Å². The molecule has 4 bridgehead atoms. The molecule has 0 aromatic heterocycles. The van der Waals surface area contributed by atoms with Crippen molar-refractivity contribution in [3.05, 3.63) is 11.1 Å². The van der Waals surface area contributed by atoms with Crippen molar-refractivity contribution in [3.63, 3.8) is 0 Å². The number of hydrogen-bond donors (Lipinski definition) is 2. The second kappa shape index (κ2) is 4.46. The van der Waals surface area contributed by atoms with Gasteiger partial charge in [0.05, 0.1) is 5.56 Å². The lowest BCUT2D eigenvalue weighted by Crippen LogP contribution is -2.47. The van der Waals surface area contributed by atoms with E-state index in [0.717, 1.165) is 0 Å². The van der Waals surface area contributed by atoms with E-state index in [0.29, 0.717) is 0 Å². The van der Waals surface area contributed by atoms with E-state index in [-0.39, 0.29) is 34.8 Å². The van der Waals surface area contributed by atoms with Crippen LogP contribution in [0.1, 0.15) is 11.1 Å². The molecule has 25 heavy (non-hydrogen) atoms. The summed E-state index contributed by atoms with van der Waals surface area (Å²) < 4.78 is 53.1. The Morgan fingerprint density at radius 3 is 2.20 bits per heavy atom. The summed E-state index contributed by atoms with van der Waals surface area (Å²) in [5.74, 6) is -5.49. The van der Waals surface area contributed by atoms with Crippen molar-refractivity contribution in [1.29, 1.82) is 0 Å². The van der Waals surface area contributed by atoms with Gasteiger partial charge in [-0.2, -0.15) is 0 Å². The normalized spacial score (nSPS) is 35.9. The van der Waals surface area contributed by atoms with Gasteiger partial charge in [-0.25, -0.2) is 23.0 Å². The second-order valence-corrected chi connectivity index (χ2v) is 7.96. The van der Waals surface area contributed by atoms with E-state index in [9.17, 15) is 24.1 Å². The average Bonchev–Trinajstić information content (AvgIpc) is 2.65. The van der Waals surface area contributed by atoms with E-state index in [2.05, 4.69) is 9.35 Å². The molecule has 13 nitrogen and oxygen atoms in total. The van der Waals surface area contributed by atoms with Crippen molar-refractivity contribution in [2.45, 2.75) is 12.2 Å². The highest BCUT2D eigenvalue weighted by Gasteiger charge is 2.71. The molecule has 0 amide bonds. The SMILES string of the molecule is O=C(O)C12OP(=O)(OOc3c4c5c(c(CCO)c31)OOP(=O)(O5)O4)O2. The van der Waals surface area contributed by atoms with Gasteiger partial charge in [-0.3, -0.25) is 0 Å². The molecule has 1 aromatic carbocycles. The third-order valence-electron chi connectivity index (χ3n) is 3.70. The molecule has 0 spiro atoms. The van der Waals surface area contributed by atoms with Gasteiger partial charge in [0.1, 0.15) is 0 Å². The largest absolute Gasteiger partial charge is 0.625 e. The maximum Gasteiger partial charge on any atom is 0.625 e. The molecule has 1 atom stereocenters. The van der Waals surface area contributed by atoms with Crippen LogP contribution in [0, 0.1) is 0 Å². The molecule has 134 valence electrons. The van der Waals surface area contributed by atoms with E-state index in [4.69, 9.17) is 27.9 Å². The van der Waals surface area contributed by atoms with Gasteiger partial charge >= 0.3 is 27.4 Å². The van der Waals surface area contributed by atoms with Gasteiger partial charge in [-0.1, -0.05) is 9.35 Å². The molecule has 15 heteroatoms. The molecular formula is C10H6O13P2. The Hall–Kier alpha value is -1.85. The molecular weight excluding hydrogens is 390 g/mol. The fourth-order valence-corrected chi connectivity index (χ4v) is 5.06. The number of benzene rings is 1. The molecule has 5 heterocycles. The van der Waals surface area contributed by atoms with Crippen LogP contribution in [0.25, 0.3) is 0 Å². The number of phosphoric acid groups is 2. The number of carboxylic acids is 1. The van der Waals surface area contributed by atoms with Gasteiger partial charge in [-0.15, -0.1) is 0 Å². The summed E-state index contributed by atoms with van der Waals surface area (Å²) in [6, 6.07) is 0. The number of rotatable bonds is 3. The topological polar surface area (TPSA) is 166 Å². The molecule has 5 aliphatic heterocycles. The second-order valence-electron chi connectivity index (χ2n) is 5.14. The summed E-state index contributed by atoms with van der Waals surface area (Å²) in [7, 11) is -8.43. The van der Waals surface area contributed by atoms with Crippen molar-refractivity contribution in [1.82, 2.24) is 0 Å². The van der Waals surface area contributed by atoms with E-state index < -0.39 is 39.8 Å². The quantitative estimate of drug-likeness (QED) is 0.552. The smallest absolute Gasteiger partial charge is 0.477 e. The van der Waals surface area contributed by atoms with Crippen LogP contribution in [0.4, 0.5) is 0 Å². The summed E-state index contributed by atoms with van der Waals surface area (Å²) in [5.41, 5.74) is -0.388. The first-order valence-electron chi connectivity index (χ1n) is 6.62. The minimum Gasteiger partial charge on any atom is -0.477 e. The highest BCUT2D eigenvalue weighted by Crippen LogP contribution is 2.77. The molecule has 1 fully saturated rings. The predicted molar refractivity (Wildman–Crippen MR) is 68.6 cm³/mol. The van der Waals surface area contributed by atoms with Gasteiger partial charge in [0.2, 0.25) is 23.0 Å². The van der Waals surface area contributed by atoms with Crippen LogP contribution < -0.4 is 18.8 Å². The van der Waals surface area contributed by atoms with E-state index >= 15 is 0 Å². The number of hydrogen-bond acceptors (Lipinski definition) is 12. The standard InChI is InChI=1S/C10H6O13P2/c11-2-1-3-4-6(8-7-5(3)16-22-24(14,18-7)19-8)17-23-25(15)20-10(4,21-25)9(12)13/h11H,1-2H2,(H,12,13). The van der Waals surface area contributed by atoms with Crippen molar-refractivity contribution < 1.29 is 61.4 Å². The van der Waals surface area contributed by atoms with Crippen LogP contribution in [-0.4, -0.2) is 22.8 Å². The highest BCUT2D eigenvalue weighted by atomic mass is 31.2. The number of phosphoric ester groups is 2. The van der Waals surface area contributed by atoms with Crippen molar-refractivity contribution in [2.75, 3.05) is 6.61 Å². The first-order valence-corrected chi connectivity index (χ1v) is 9.54. The number of carbonyl (C=O) groups is 1. The van der Waals surface area contributed by atoms with Crippen LogP contribution in [-0.2, 0) is 44.5 Å². The van der Waals surface area contributed by atoms with Gasteiger partial charge in [0, 0.05) is 18.6 Å². The van der Waals surface area contributed by atoms with Crippen LogP contribution >= 0.6 is 15.6 Å². The van der Waals surface area contributed by atoms with Crippen LogP contribution in [0.5, 0.6) is 23.0 Å². The Morgan fingerprint density at radius 2 is 1.56 bits per heavy atom. The highest BCUT2D eigenvalue weighted by molar-refractivity contribution is 7.50. The minimum atomic E-state index is -4.28. The lowest BCUT2D eigenvalue weighted by atomic mass is 9.94. The molecule has 5 aliphatic rings. The molecule has 0 radical (unpaired) electrons. The number of aliphatic hydroxyl groups excluding tert-OH is 1. The monoisotopic (exact) mass is 396 g/mol. The fraction of sp³-hybridized carbons (Fsp3) is 0.300. The summed E-state index contributed by atoms with van der Waals surface area (Å²) in [5, 5.41) is 18.9. The predicted octanol–water partition coefficient (Wildman–Crippen LogP) is 1.14. The minimum absolute atomic E-state index is 0.0350. The maximum absolute atomic E-state index is 12.1. The molecule has 1 saturated heterocycles. The zero-order chi connectivity index (χ0) is 17.6. The average molecular weight is 396 g/mol. The van der Waals surface area contributed by atoms with Crippen molar-refractivity contribution in [2.24, 2.45) is 0 Å². The zero-order valence-electron chi connectivity index (χ0n) is 11.7. The maximum atomic E-state index is 12.1. The summed E-state index contributed by atoms with van der Waals surface area (Å²) in [4.78, 5) is 21.6. The summed E-state index contributed by atoms with van der Waals surface area (Å²) in [6.45, 7) is -0.464. The molecule has 0 aliphatic carbocycles. The third-order valence-corrected chi connectivity index (χ3v) is 5.99. The first-order chi connectivity index (χ1) is 11.8. The Kier molecular flexibility index (Phi) is 2.75. The molecule has 6 rings (SSSR count). The van der Waals surface area contributed by atoms with E-state index in [1.54, 1.807) is 0 Å². The van der Waals surface area contributed by atoms with Crippen LogP contribution in [0.15, 0.2) is 0 Å². The lowest BCUT2D eigenvalue weighted by molar-refractivity contribution is -0.256. The Bertz CT molecular complexity index is 927. The summed E-state index contributed by atoms with van der Waals surface area (Å²) >= 11 is 0. The lowest BCUT2D eigenvalue weighted by Gasteiger charge is -2.38. The first kappa shape index (κ1) is 15.4. The van der Waals surface area contributed by atoms with Crippen molar-refractivity contribution >= 4 is 21.6 Å².